The first-order chi connectivity index (χ1) is 13.5. The highest BCUT2D eigenvalue weighted by Gasteiger charge is 2.20. The summed E-state index contributed by atoms with van der Waals surface area (Å²) in [4.78, 5) is 17.0. The second kappa shape index (κ2) is 9.92. The van der Waals surface area contributed by atoms with Crippen LogP contribution in [0, 0.1) is 0 Å². The molecule has 0 aromatic heterocycles. The van der Waals surface area contributed by atoms with Crippen LogP contribution in [0.2, 0.25) is 5.02 Å². The van der Waals surface area contributed by atoms with Crippen LogP contribution in [-0.2, 0) is 11.3 Å². The first-order valence-electron chi connectivity index (χ1n) is 9.66. The molecule has 0 unspecified atom stereocenters. The average Bonchev–Trinajstić information content (AvgIpc) is 2.70. The second-order valence-corrected chi connectivity index (χ2v) is 7.62. The summed E-state index contributed by atoms with van der Waals surface area (Å²) in [5, 5.41) is 3.74. The number of methoxy groups -OCH3 is 1. The minimum Gasteiger partial charge on any atom is -0.497 e. The number of halogens is 1. The molecule has 1 heterocycles. The van der Waals surface area contributed by atoms with Gasteiger partial charge >= 0.3 is 0 Å². The Balaban J connectivity index is 1.42. The van der Waals surface area contributed by atoms with Crippen molar-refractivity contribution >= 4 is 17.5 Å². The van der Waals surface area contributed by atoms with Crippen LogP contribution in [0.15, 0.2) is 48.5 Å². The molecule has 1 saturated heterocycles. The van der Waals surface area contributed by atoms with Crippen molar-refractivity contribution in [3.8, 4) is 5.75 Å². The van der Waals surface area contributed by atoms with Crippen LogP contribution in [0.3, 0.4) is 0 Å². The summed E-state index contributed by atoms with van der Waals surface area (Å²) in [5.74, 6) is 0.918. The van der Waals surface area contributed by atoms with Gasteiger partial charge in [-0.2, -0.15) is 0 Å². The Morgan fingerprint density at radius 2 is 1.71 bits per heavy atom. The summed E-state index contributed by atoms with van der Waals surface area (Å²) < 4.78 is 5.21. The Hall–Kier alpha value is -2.08. The molecule has 0 aliphatic carbocycles. The molecule has 3 rings (SSSR count). The Bertz CT molecular complexity index is 774. The Kier molecular flexibility index (Phi) is 7.31. The fourth-order valence-electron chi connectivity index (χ4n) is 3.49. The minimum absolute atomic E-state index is 0.0380. The van der Waals surface area contributed by atoms with Gasteiger partial charge in [0, 0.05) is 37.7 Å². The van der Waals surface area contributed by atoms with Crippen molar-refractivity contribution in [3.05, 3.63) is 64.7 Å². The lowest BCUT2D eigenvalue weighted by molar-refractivity contribution is -0.123. The van der Waals surface area contributed by atoms with Crippen molar-refractivity contribution in [3.63, 3.8) is 0 Å². The number of piperazine rings is 1. The van der Waals surface area contributed by atoms with E-state index in [9.17, 15) is 4.79 Å². The van der Waals surface area contributed by atoms with Gasteiger partial charge in [-0.1, -0.05) is 41.9 Å². The molecule has 1 fully saturated rings. The van der Waals surface area contributed by atoms with E-state index in [0.717, 1.165) is 44.0 Å². The molecule has 0 radical (unpaired) electrons. The first kappa shape index (κ1) is 20.6. The van der Waals surface area contributed by atoms with Crippen molar-refractivity contribution in [2.75, 3.05) is 39.8 Å². The third-order valence-corrected chi connectivity index (χ3v) is 5.49. The van der Waals surface area contributed by atoms with Gasteiger partial charge in [0.25, 0.3) is 0 Å². The van der Waals surface area contributed by atoms with Crippen molar-refractivity contribution < 1.29 is 9.53 Å². The highest BCUT2D eigenvalue weighted by atomic mass is 35.5. The normalized spacial score (nSPS) is 16.5. The number of benzene rings is 2. The minimum atomic E-state index is -0.0995. The molecule has 0 spiro atoms. The zero-order valence-electron chi connectivity index (χ0n) is 16.5. The molecule has 150 valence electrons. The smallest absolute Gasteiger partial charge is 0.234 e. The van der Waals surface area contributed by atoms with Gasteiger partial charge in [0.2, 0.25) is 5.91 Å². The molecule has 1 N–H and O–H groups in total. The largest absolute Gasteiger partial charge is 0.497 e. The molecule has 1 amide bonds. The molecule has 2 aromatic carbocycles. The number of carbonyl (C=O) groups excluding carboxylic acids is 1. The van der Waals surface area contributed by atoms with Crippen LogP contribution in [0.1, 0.15) is 24.1 Å². The Morgan fingerprint density at radius 3 is 2.36 bits per heavy atom. The van der Waals surface area contributed by atoms with Gasteiger partial charge < -0.3 is 10.1 Å². The fourth-order valence-corrected chi connectivity index (χ4v) is 3.79. The Morgan fingerprint density at radius 1 is 1.07 bits per heavy atom. The maximum Gasteiger partial charge on any atom is 0.234 e. The summed E-state index contributed by atoms with van der Waals surface area (Å²) in [6, 6.07) is 15.7. The van der Waals surface area contributed by atoms with Crippen molar-refractivity contribution in [1.82, 2.24) is 15.1 Å². The molecule has 1 aliphatic heterocycles. The van der Waals surface area contributed by atoms with Crippen LogP contribution in [0.5, 0.6) is 5.75 Å². The van der Waals surface area contributed by atoms with E-state index in [4.69, 9.17) is 16.3 Å². The predicted octanol–water partition coefficient (Wildman–Crippen LogP) is 3.34. The van der Waals surface area contributed by atoms with Crippen LogP contribution < -0.4 is 10.1 Å². The number of ether oxygens (including phenoxy) is 1. The monoisotopic (exact) mass is 401 g/mol. The second-order valence-electron chi connectivity index (χ2n) is 7.21. The van der Waals surface area contributed by atoms with E-state index < -0.39 is 0 Å². The van der Waals surface area contributed by atoms with E-state index in [1.165, 1.54) is 5.56 Å². The molecule has 28 heavy (non-hydrogen) atoms. The van der Waals surface area contributed by atoms with Gasteiger partial charge in [0.05, 0.1) is 19.7 Å². The van der Waals surface area contributed by atoms with Crippen LogP contribution in [0.25, 0.3) is 0 Å². The molecule has 1 aliphatic rings. The number of nitrogens with zero attached hydrogens (tertiary/aromatic N) is 2. The van der Waals surface area contributed by atoms with E-state index in [-0.39, 0.29) is 11.9 Å². The van der Waals surface area contributed by atoms with Crippen LogP contribution in [-0.4, -0.2) is 55.5 Å². The van der Waals surface area contributed by atoms with Gasteiger partial charge in [0.15, 0.2) is 0 Å². The highest BCUT2D eigenvalue weighted by molar-refractivity contribution is 6.31. The standard InChI is InChI=1S/C22H28ClN3O2/c1-17(20-5-3-4-6-21(20)23)24-22(27)16-26-13-11-25(12-14-26)15-18-7-9-19(28-2)10-8-18/h3-10,17H,11-16H2,1-2H3,(H,24,27)/t17-/m1/s1. The van der Waals surface area contributed by atoms with E-state index in [1.54, 1.807) is 7.11 Å². The number of nitrogens with one attached hydrogen (secondary N) is 1. The number of carbonyl (C=O) groups is 1. The summed E-state index contributed by atoms with van der Waals surface area (Å²) in [6.45, 7) is 7.01. The maximum absolute atomic E-state index is 12.4. The summed E-state index contributed by atoms with van der Waals surface area (Å²) in [5.41, 5.74) is 2.22. The van der Waals surface area contributed by atoms with Crippen LogP contribution >= 0.6 is 11.6 Å². The maximum atomic E-state index is 12.4. The van der Waals surface area contributed by atoms with E-state index >= 15 is 0 Å². The topological polar surface area (TPSA) is 44.8 Å². The molecular formula is C22H28ClN3O2. The number of amides is 1. The van der Waals surface area contributed by atoms with Gasteiger partial charge in [-0.05, 0) is 36.2 Å². The van der Waals surface area contributed by atoms with Gasteiger partial charge in [-0.15, -0.1) is 0 Å². The first-order valence-corrected chi connectivity index (χ1v) is 10.0. The molecule has 1 atom stereocenters. The molecular weight excluding hydrogens is 374 g/mol. The molecule has 0 saturated carbocycles. The molecule has 5 nitrogen and oxygen atoms in total. The molecule has 0 bridgehead atoms. The van der Waals surface area contributed by atoms with Gasteiger partial charge in [0.1, 0.15) is 5.75 Å². The van der Waals surface area contributed by atoms with Crippen molar-refractivity contribution in [2.45, 2.75) is 19.5 Å². The van der Waals surface area contributed by atoms with E-state index in [1.807, 2.05) is 43.3 Å². The molecule has 2 aromatic rings. The predicted molar refractivity (Wildman–Crippen MR) is 113 cm³/mol. The van der Waals surface area contributed by atoms with Gasteiger partial charge in [-0.25, -0.2) is 0 Å². The zero-order chi connectivity index (χ0) is 19.9. The van der Waals surface area contributed by atoms with E-state index in [2.05, 4.69) is 27.2 Å². The fraction of sp³-hybridized carbons (Fsp3) is 0.409. The zero-order valence-corrected chi connectivity index (χ0v) is 17.3. The average molecular weight is 402 g/mol. The SMILES string of the molecule is COc1ccc(CN2CCN(CC(=O)N[C@H](C)c3ccccc3Cl)CC2)cc1. The highest BCUT2D eigenvalue weighted by Crippen LogP contribution is 2.22. The van der Waals surface area contributed by atoms with Crippen molar-refractivity contribution in [1.29, 1.82) is 0 Å². The number of rotatable bonds is 7. The van der Waals surface area contributed by atoms with Crippen LogP contribution in [0.4, 0.5) is 0 Å². The van der Waals surface area contributed by atoms with E-state index in [0.29, 0.717) is 11.6 Å². The summed E-state index contributed by atoms with van der Waals surface area (Å²) >= 11 is 6.22. The third kappa shape index (κ3) is 5.71. The Labute approximate surface area is 172 Å². The number of hydrogen-bond acceptors (Lipinski definition) is 4. The summed E-state index contributed by atoms with van der Waals surface area (Å²) in [6.07, 6.45) is 0. The lowest BCUT2D eigenvalue weighted by atomic mass is 10.1. The van der Waals surface area contributed by atoms with Crippen molar-refractivity contribution in [2.24, 2.45) is 0 Å². The lowest BCUT2D eigenvalue weighted by Gasteiger charge is -2.34. The van der Waals surface area contributed by atoms with Gasteiger partial charge in [-0.3, -0.25) is 14.6 Å². The summed E-state index contributed by atoms with van der Waals surface area (Å²) in [7, 11) is 1.68. The lowest BCUT2D eigenvalue weighted by Crippen LogP contribution is -2.49. The molecule has 6 heteroatoms. The quantitative estimate of drug-likeness (QED) is 0.772. The third-order valence-electron chi connectivity index (χ3n) is 5.15. The number of hydrogen-bond donors (Lipinski definition) is 1.